The fraction of sp³-hybridized carbons (Fsp3) is 0. The molecule has 0 fully saturated rings. The quantitative estimate of drug-likeness (QED) is 0.730. The van der Waals surface area contributed by atoms with E-state index in [1.54, 1.807) is 18.3 Å². The zero-order valence-electron chi connectivity index (χ0n) is 9.62. The molecule has 0 bridgehead atoms. The Bertz CT molecular complexity index is 713. The van der Waals surface area contributed by atoms with Gasteiger partial charge in [0, 0.05) is 16.4 Å². The van der Waals surface area contributed by atoms with Crippen LogP contribution in [0.25, 0.3) is 23.0 Å². The van der Waals surface area contributed by atoms with Gasteiger partial charge in [-0.15, -0.1) is 0 Å². The summed E-state index contributed by atoms with van der Waals surface area (Å²) in [4.78, 5) is 12.2. The molecule has 0 aliphatic heterocycles. The average Bonchev–Trinajstić information content (AvgIpc) is 2.92. The highest BCUT2D eigenvalue weighted by molar-refractivity contribution is 9.10. The molecule has 0 aliphatic carbocycles. The number of nitrogens with two attached hydrogens (primary N) is 1. The highest BCUT2D eigenvalue weighted by Crippen LogP contribution is 2.28. The van der Waals surface area contributed by atoms with Crippen molar-refractivity contribution in [3.63, 3.8) is 0 Å². The maximum absolute atomic E-state index is 5.90. The first kappa shape index (κ1) is 11.8. The summed E-state index contributed by atoms with van der Waals surface area (Å²) >= 11 is 3.38. The van der Waals surface area contributed by atoms with Gasteiger partial charge >= 0.3 is 0 Å². The van der Waals surface area contributed by atoms with Gasteiger partial charge in [0.15, 0.2) is 0 Å². The zero-order chi connectivity index (χ0) is 13.2. The van der Waals surface area contributed by atoms with E-state index in [1.165, 1.54) is 6.33 Å². The van der Waals surface area contributed by atoms with Crippen molar-refractivity contribution in [1.82, 2.24) is 20.1 Å². The summed E-state index contributed by atoms with van der Waals surface area (Å²) in [6.45, 7) is 0. The van der Waals surface area contributed by atoms with Crippen LogP contribution in [0.3, 0.4) is 0 Å². The Hall–Kier alpha value is -2.28. The fourth-order valence-corrected chi connectivity index (χ4v) is 1.93. The number of hydrogen-bond acceptors (Lipinski definition) is 6. The number of aromatic nitrogens is 4. The number of nitrogen functional groups attached to an aromatic ring is 1. The van der Waals surface area contributed by atoms with E-state index in [2.05, 4.69) is 36.0 Å². The molecule has 3 aromatic rings. The Balaban J connectivity index is 2.04. The molecular formula is C12H8BrN5O. The largest absolute Gasteiger partial charge is 0.398 e. The summed E-state index contributed by atoms with van der Waals surface area (Å²) in [6, 6.07) is 7.15. The van der Waals surface area contributed by atoms with Crippen molar-refractivity contribution < 1.29 is 4.52 Å². The molecule has 0 aliphatic rings. The van der Waals surface area contributed by atoms with Crippen molar-refractivity contribution in [3.8, 4) is 23.0 Å². The minimum atomic E-state index is 0.354. The molecular weight excluding hydrogens is 310 g/mol. The van der Waals surface area contributed by atoms with E-state index in [0.717, 1.165) is 4.47 Å². The molecule has 0 unspecified atom stereocenters. The van der Waals surface area contributed by atoms with Gasteiger partial charge in [0.1, 0.15) is 12.0 Å². The molecule has 0 saturated heterocycles. The summed E-state index contributed by atoms with van der Waals surface area (Å²) in [7, 11) is 0. The lowest BCUT2D eigenvalue weighted by atomic mass is 10.2. The Morgan fingerprint density at radius 3 is 2.89 bits per heavy atom. The van der Waals surface area contributed by atoms with Gasteiger partial charge in [0.2, 0.25) is 5.82 Å². The average molecular weight is 318 g/mol. The second-order valence-corrected chi connectivity index (χ2v) is 4.67. The lowest BCUT2D eigenvalue weighted by Gasteiger charge is -2.00. The van der Waals surface area contributed by atoms with E-state index in [4.69, 9.17) is 10.3 Å². The molecule has 6 nitrogen and oxygen atoms in total. The van der Waals surface area contributed by atoms with Crippen LogP contribution in [0.2, 0.25) is 0 Å². The van der Waals surface area contributed by atoms with Crippen molar-refractivity contribution in [2.45, 2.75) is 0 Å². The van der Waals surface area contributed by atoms with Crippen LogP contribution >= 0.6 is 15.9 Å². The molecule has 0 atom stereocenters. The predicted molar refractivity (Wildman–Crippen MR) is 72.9 cm³/mol. The normalized spacial score (nSPS) is 10.6. The van der Waals surface area contributed by atoms with Crippen LogP contribution in [-0.4, -0.2) is 20.1 Å². The van der Waals surface area contributed by atoms with Crippen LogP contribution in [0.1, 0.15) is 0 Å². The minimum absolute atomic E-state index is 0.354. The van der Waals surface area contributed by atoms with E-state index < -0.39 is 0 Å². The summed E-state index contributed by atoms with van der Waals surface area (Å²) < 4.78 is 6.11. The highest BCUT2D eigenvalue weighted by Gasteiger charge is 2.13. The van der Waals surface area contributed by atoms with Crippen LogP contribution < -0.4 is 5.73 Å². The maximum Gasteiger partial charge on any atom is 0.260 e. The third-order valence-electron chi connectivity index (χ3n) is 2.48. The van der Waals surface area contributed by atoms with Crippen LogP contribution in [0.15, 0.2) is 45.8 Å². The molecule has 2 aromatic heterocycles. The Morgan fingerprint density at radius 2 is 2.11 bits per heavy atom. The van der Waals surface area contributed by atoms with Crippen LogP contribution in [0.4, 0.5) is 5.69 Å². The zero-order valence-corrected chi connectivity index (χ0v) is 11.2. The van der Waals surface area contributed by atoms with Gasteiger partial charge in [-0.05, 0) is 24.3 Å². The lowest BCUT2D eigenvalue weighted by Crippen LogP contribution is -1.90. The van der Waals surface area contributed by atoms with E-state index in [-0.39, 0.29) is 0 Å². The summed E-state index contributed by atoms with van der Waals surface area (Å²) in [5, 5.41) is 3.89. The van der Waals surface area contributed by atoms with Gasteiger partial charge in [-0.3, -0.25) is 0 Å². The monoisotopic (exact) mass is 317 g/mol. The standard InChI is InChI=1S/C12H8BrN5O/c13-7-1-2-9(14)8(5-7)12-17-11(18-19-12)10-3-4-15-6-16-10/h1-6H,14H2. The SMILES string of the molecule is Nc1ccc(Br)cc1-c1nc(-c2ccncn2)no1. The lowest BCUT2D eigenvalue weighted by molar-refractivity contribution is 0.432. The second kappa shape index (κ2) is 4.77. The molecule has 94 valence electrons. The van der Waals surface area contributed by atoms with Gasteiger partial charge in [-0.1, -0.05) is 21.1 Å². The molecule has 2 N–H and O–H groups in total. The van der Waals surface area contributed by atoms with Crippen molar-refractivity contribution in [2.24, 2.45) is 0 Å². The van der Waals surface area contributed by atoms with Gasteiger partial charge in [-0.25, -0.2) is 9.97 Å². The topological polar surface area (TPSA) is 90.7 Å². The van der Waals surface area contributed by atoms with Crippen molar-refractivity contribution in [1.29, 1.82) is 0 Å². The fourth-order valence-electron chi connectivity index (χ4n) is 1.57. The number of halogens is 1. The van der Waals surface area contributed by atoms with E-state index >= 15 is 0 Å². The van der Waals surface area contributed by atoms with Crippen LogP contribution in [0.5, 0.6) is 0 Å². The molecule has 0 radical (unpaired) electrons. The van der Waals surface area contributed by atoms with Gasteiger partial charge in [0.05, 0.1) is 5.56 Å². The molecule has 0 amide bonds. The molecule has 19 heavy (non-hydrogen) atoms. The van der Waals surface area contributed by atoms with Gasteiger partial charge in [-0.2, -0.15) is 4.98 Å². The number of benzene rings is 1. The first-order valence-corrected chi connectivity index (χ1v) is 6.19. The molecule has 0 saturated carbocycles. The third-order valence-corrected chi connectivity index (χ3v) is 2.98. The highest BCUT2D eigenvalue weighted by atomic mass is 79.9. The summed E-state index contributed by atoms with van der Waals surface area (Å²) in [6.07, 6.45) is 3.05. The Labute approximate surface area is 116 Å². The number of hydrogen-bond donors (Lipinski definition) is 1. The Morgan fingerprint density at radius 1 is 1.21 bits per heavy atom. The molecule has 2 heterocycles. The van der Waals surface area contributed by atoms with Gasteiger partial charge < -0.3 is 10.3 Å². The Kier molecular flexibility index (Phi) is 2.96. The molecule has 7 heteroatoms. The number of anilines is 1. The third kappa shape index (κ3) is 2.32. The minimum Gasteiger partial charge on any atom is -0.398 e. The van der Waals surface area contributed by atoms with Crippen molar-refractivity contribution in [3.05, 3.63) is 41.3 Å². The summed E-state index contributed by atoms with van der Waals surface area (Å²) in [5.74, 6) is 0.754. The molecule has 1 aromatic carbocycles. The molecule has 3 rings (SSSR count). The van der Waals surface area contributed by atoms with E-state index in [9.17, 15) is 0 Å². The van der Waals surface area contributed by atoms with Gasteiger partial charge in [0.25, 0.3) is 5.89 Å². The predicted octanol–water partition coefficient (Wildman–Crippen LogP) is 2.54. The second-order valence-electron chi connectivity index (χ2n) is 3.75. The van der Waals surface area contributed by atoms with Crippen LogP contribution in [0, 0.1) is 0 Å². The smallest absolute Gasteiger partial charge is 0.260 e. The summed E-state index contributed by atoms with van der Waals surface area (Å²) in [5.41, 5.74) is 7.74. The van der Waals surface area contributed by atoms with Crippen LogP contribution in [-0.2, 0) is 0 Å². The van der Waals surface area contributed by atoms with Crippen molar-refractivity contribution in [2.75, 3.05) is 5.73 Å². The van der Waals surface area contributed by atoms with E-state index in [0.29, 0.717) is 28.7 Å². The maximum atomic E-state index is 5.90. The first-order valence-electron chi connectivity index (χ1n) is 5.39. The number of nitrogens with zero attached hydrogens (tertiary/aromatic N) is 4. The van der Waals surface area contributed by atoms with Crippen molar-refractivity contribution >= 4 is 21.6 Å². The molecule has 0 spiro atoms. The first-order chi connectivity index (χ1) is 9.24. The number of rotatable bonds is 2. The van der Waals surface area contributed by atoms with E-state index in [1.807, 2.05) is 12.1 Å².